The zero-order valence-electron chi connectivity index (χ0n) is 16.7. The minimum Gasteiger partial charge on any atom is -0.454 e. The van der Waals surface area contributed by atoms with Gasteiger partial charge in [0, 0.05) is 41.0 Å². The molecule has 0 bridgehead atoms. The molecule has 31 heavy (non-hydrogen) atoms. The van der Waals surface area contributed by atoms with Crippen molar-refractivity contribution in [1.29, 1.82) is 0 Å². The van der Waals surface area contributed by atoms with Gasteiger partial charge in [-0.2, -0.15) is 5.10 Å². The standard InChI is InChI=1S/C27H18N3O/c1-3-7-19(8-4-1)17-30-18-22-12-11-21(13-24(22)29-30)23-14-27-25(28-16-23)15-26(31-27)20-9-5-2-6-10-20/h1-13,15-16,18H,17H2. The van der Waals surface area contributed by atoms with Gasteiger partial charge in [0.2, 0.25) is 0 Å². The molecule has 1 radical (unpaired) electrons. The van der Waals surface area contributed by atoms with E-state index in [-0.39, 0.29) is 0 Å². The van der Waals surface area contributed by atoms with Crippen LogP contribution in [-0.4, -0.2) is 14.8 Å². The lowest BCUT2D eigenvalue weighted by molar-refractivity contribution is 0.630. The molecule has 0 N–H and O–H groups in total. The molecule has 4 heteroatoms. The van der Waals surface area contributed by atoms with Gasteiger partial charge in [0.15, 0.2) is 5.58 Å². The van der Waals surface area contributed by atoms with E-state index in [0.29, 0.717) is 5.58 Å². The van der Waals surface area contributed by atoms with Crippen molar-refractivity contribution in [2.75, 3.05) is 0 Å². The largest absolute Gasteiger partial charge is 0.454 e. The quantitative estimate of drug-likeness (QED) is 0.346. The maximum Gasteiger partial charge on any atom is 0.161 e. The highest BCUT2D eigenvalue weighted by atomic mass is 16.3. The summed E-state index contributed by atoms with van der Waals surface area (Å²) in [6, 6.07) is 32.0. The van der Waals surface area contributed by atoms with Crippen LogP contribution in [0.1, 0.15) is 5.56 Å². The first-order chi connectivity index (χ1) is 15.3. The molecule has 0 unspecified atom stereocenters. The maximum absolute atomic E-state index is 6.04. The van der Waals surface area contributed by atoms with Crippen LogP contribution in [-0.2, 0) is 6.54 Å². The number of fused-ring (bicyclic) bond motifs is 2. The second-order valence-corrected chi connectivity index (χ2v) is 7.57. The Labute approximate surface area is 179 Å². The second kappa shape index (κ2) is 7.26. The van der Waals surface area contributed by atoms with E-state index >= 15 is 0 Å². The van der Waals surface area contributed by atoms with E-state index in [1.807, 2.05) is 65.5 Å². The second-order valence-electron chi connectivity index (χ2n) is 7.57. The number of hydrogen-bond donors (Lipinski definition) is 0. The Kier molecular flexibility index (Phi) is 4.13. The van der Waals surface area contributed by atoms with Crippen LogP contribution >= 0.6 is 0 Å². The van der Waals surface area contributed by atoms with Crippen molar-refractivity contribution in [1.82, 2.24) is 14.8 Å². The van der Waals surface area contributed by atoms with Gasteiger partial charge in [-0.3, -0.25) is 9.67 Å². The summed E-state index contributed by atoms with van der Waals surface area (Å²) in [5.41, 5.74) is 6.57. The zero-order chi connectivity index (χ0) is 20.6. The fourth-order valence-corrected chi connectivity index (χ4v) is 3.83. The van der Waals surface area contributed by atoms with Gasteiger partial charge in [-0.1, -0.05) is 72.8 Å². The molecule has 0 atom stereocenters. The summed E-state index contributed by atoms with van der Waals surface area (Å²) in [6.45, 7) is 0.749. The van der Waals surface area contributed by atoms with Crippen molar-refractivity contribution < 1.29 is 4.42 Å². The van der Waals surface area contributed by atoms with Crippen LogP contribution in [0.3, 0.4) is 0 Å². The van der Waals surface area contributed by atoms with Gasteiger partial charge in [0.1, 0.15) is 11.3 Å². The summed E-state index contributed by atoms with van der Waals surface area (Å²) in [4.78, 5) is 4.59. The fourth-order valence-electron chi connectivity index (χ4n) is 3.83. The molecule has 0 fully saturated rings. The molecule has 3 aromatic heterocycles. The Morgan fingerprint density at radius 1 is 0.806 bits per heavy atom. The van der Waals surface area contributed by atoms with Crippen molar-refractivity contribution in [3.63, 3.8) is 0 Å². The molecule has 0 saturated heterocycles. The molecule has 3 aromatic carbocycles. The molecule has 6 rings (SSSR count). The number of hydrogen-bond acceptors (Lipinski definition) is 3. The van der Waals surface area contributed by atoms with Gasteiger partial charge in [-0.15, -0.1) is 0 Å². The van der Waals surface area contributed by atoms with Gasteiger partial charge < -0.3 is 4.42 Å². The van der Waals surface area contributed by atoms with Gasteiger partial charge in [0.05, 0.1) is 12.1 Å². The lowest BCUT2D eigenvalue weighted by Crippen LogP contribution is -1.99. The van der Waals surface area contributed by atoms with Crippen LogP contribution in [0.25, 0.3) is 44.5 Å². The zero-order valence-corrected chi connectivity index (χ0v) is 16.7. The summed E-state index contributed by atoms with van der Waals surface area (Å²) in [7, 11) is 0. The van der Waals surface area contributed by atoms with Crippen molar-refractivity contribution >= 4 is 22.0 Å². The third-order valence-electron chi connectivity index (χ3n) is 5.40. The van der Waals surface area contributed by atoms with Crippen LogP contribution in [0.4, 0.5) is 0 Å². The van der Waals surface area contributed by atoms with E-state index in [2.05, 4.69) is 47.6 Å². The summed E-state index contributed by atoms with van der Waals surface area (Å²) < 4.78 is 8.02. The Morgan fingerprint density at radius 3 is 2.45 bits per heavy atom. The topological polar surface area (TPSA) is 43.9 Å². The lowest BCUT2D eigenvalue weighted by Gasteiger charge is -2.01. The average Bonchev–Trinajstić information content (AvgIpc) is 3.42. The predicted molar refractivity (Wildman–Crippen MR) is 123 cm³/mol. The van der Waals surface area contributed by atoms with Crippen molar-refractivity contribution in [3.8, 4) is 22.5 Å². The molecule has 4 nitrogen and oxygen atoms in total. The summed E-state index contributed by atoms with van der Waals surface area (Å²) in [5, 5.41) is 5.87. The maximum atomic E-state index is 6.04. The number of aromatic nitrogens is 3. The minimum atomic E-state index is 0.658. The van der Waals surface area contributed by atoms with Crippen LogP contribution in [0.15, 0.2) is 102 Å². The third-order valence-corrected chi connectivity index (χ3v) is 5.40. The molecule has 0 aliphatic rings. The number of pyridine rings is 1. The minimum absolute atomic E-state index is 0.658. The first kappa shape index (κ1) is 17.7. The van der Waals surface area contributed by atoms with E-state index < -0.39 is 0 Å². The summed E-state index contributed by atoms with van der Waals surface area (Å²) in [5.74, 6) is 0.798. The fraction of sp³-hybridized carbons (Fsp3) is 0.0370. The van der Waals surface area contributed by atoms with E-state index in [4.69, 9.17) is 9.52 Å². The smallest absolute Gasteiger partial charge is 0.161 e. The molecule has 0 aliphatic carbocycles. The number of nitrogens with zero attached hydrogens (tertiary/aromatic N) is 3. The molecule has 0 amide bonds. The molecule has 147 valence electrons. The van der Waals surface area contributed by atoms with E-state index in [9.17, 15) is 0 Å². The normalized spacial score (nSPS) is 11.4. The van der Waals surface area contributed by atoms with Crippen molar-refractivity contribution in [2.45, 2.75) is 6.54 Å². The first-order valence-electron chi connectivity index (χ1n) is 10.2. The molecular formula is C27H18N3O. The number of benzene rings is 3. The molecule has 0 saturated carbocycles. The van der Waals surface area contributed by atoms with E-state index in [1.54, 1.807) is 0 Å². The molecule has 0 spiro atoms. The predicted octanol–water partition coefficient (Wildman–Crippen LogP) is 6.36. The van der Waals surface area contributed by atoms with Crippen LogP contribution in [0, 0.1) is 6.07 Å². The van der Waals surface area contributed by atoms with E-state index in [0.717, 1.165) is 45.4 Å². The van der Waals surface area contributed by atoms with Crippen LogP contribution in [0.5, 0.6) is 0 Å². The van der Waals surface area contributed by atoms with Crippen LogP contribution < -0.4 is 0 Å². The molecular weight excluding hydrogens is 382 g/mol. The van der Waals surface area contributed by atoms with Gasteiger partial charge in [0.25, 0.3) is 0 Å². The van der Waals surface area contributed by atoms with Crippen molar-refractivity contribution in [3.05, 3.63) is 109 Å². The Morgan fingerprint density at radius 2 is 1.61 bits per heavy atom. The lowest BCUT2D eigenvalue weighted by atomic mass is 10.1. The van der Waals surface area contributed by atoms with Crippen molar-refractivity contribution in [2.24, 2.45) is 0 Å². The van der Waals surface area contributed by atoms with E-state index in [1.165, 1.54) is 5.56 Å². The highest BCUT2D eigenvalue weighted by molar-refractivity contribution is 5.87. The number of rotatable bonds is 4. The number of furan rings is 1. The third kappa shape index (κ3) is 3.38. The average molecular weight is 400 g/mol. The van der Waals surface area contributed by atoms with Gasteiger partial charge >= 0.3 is 0 Å². The molecule has 6 aromatic rings. The first-order valence-corrected chi connectivity index (χ1v) is 10.2. The monoisotopic (exact) mass is 400 g/mol. The van der Waals surface area contributed by atoms with Gasteiger partial charge in [-0.05, 0) is 17.2 Å². The molecule has 3 heterocycles. The Hall–Kier alpha value is -4.18. The van der Waals surface area contributed by atoms with Gasteiger partial charge in [-0.25, -0.2) is 0 Å². The summed E-state index contributed by atoms with van der Waals surface area (Å²) in [6.07, 6.45) is 3.92. The SMILES string of the molecule is [c]1c(-c2ccc3cn(Cc4ccccc4)nc3c2)cnc2cc(-c3ccccc3)oc12. The molecule has 0 aliphatic heterocycles. The highest BCUT2D eigenvalue weighted by Gasteiger charge is 2.10. The van der Waals surface area contributed by atoms with Crippen LogP contribution in [0.2, 0.25) is 0 Å². The Balaban J connectivity index is 1.34. The summed E-state index contributed by atoms with van der Waals surface area (Å²) >= 11 is 0. The Bertz CT molecular complexity index is 1500. The highest BCUT2D eigenvalue weighted by Crippen LogP contribution is 2.30.